The summed E-state index contributed by atoms with van der Waals surface area (Å²) in [6.07, 6.45) is 7.40. The van der Waals surface area contributed by atoms with E-state index in [2.05, 4.69) is 29.2 Å². The SMILES string of the molecule is CC(N)C1CCCCN1C(=O)CC1CCc2ccccc2C1.Cl. The van der Waals surface area contributed by atoms with Gasteiger partial charge in [-0.25, -0.2) is 0 Å². The molecule has 1 aromatic rings. The van der Waals surface area contributed by atoms with Crippen molar-refractivity contribution in [2.75, 3.05) is 6.54 Å². The Morgan fingerprint density at radius 2 is 2.00 bits per heavy atom. The molecule has 23 heavy (non-hydrogen) atoms. The Hall–Kier alpha value is -1.06. The maximum atomic E-state index is 12.8. The van der Waals surface area contributed by atoms with Gasteiger partial charge in [-0.1, -0.05) is 24.3 Å². The van der Waals surface area contributed by atoms with Crippen molar-refractivity contribution in [2.45, 2.75) is 64.0 Å². The van der Waals surface area contributed by atoms with E-state index in [-0.39, 0.29) is 24.5 Å². The first-order valence-electron chi connectivity index (χ1n) is 8.77. The normalized spacial score (nSPS) is 25.2. The molecule has 3 nitrogen and oxygen atoms in total. The Balaban J connectivity index is 0.00000192. The Morgan fingerprint density at radius 3 is 2.74 bits per heavy atom. The lowest BCUT2D eigenvalue weighted by Crippen LogP contribution is -2.52. The third-order valence-electron chi connectivity index (χ3n) is 5.39. The second-order valence-corrected chi connectivity index (χ2v) is 7.09. The summed E-state index contributed by atoms with van der Waals surface area (Å²) in [4.78, 5) is 14.8. The minimum Gasteiger partial charge on any atom is -0.338 e. The number of nitrogens with zero attached hydrogens (tertiary/aromatic N) is 1. The fourth-order valence-electron chi connectivity index (χ4n) is 4.13. The predicted molar refractivity (Wildman–Crippen MR) is 96.8 cm³/mol. The van der Waals surface area contributed by atoms with Gasteiger partial charge in [0.25, 0.3) is 0 Å². The van der Waals surface area contributed by atoms with Gasteiger partial charge in [-0.15, -0.1) is 12.4 Å². The molecule has 0 saturated carbocycles. The van der Waals surface area contributed by atoms with Gasteiger partial charge in [0.05, 0.1) is 0 Å². The first-order valence-corrected chi connectivity index (χ1v) is 8.77. The van der Waals surface area contributed by atoms with Crippen molar-refractivity contribution in [3.8, 4) is 0 Å². The van der Waals surface area contributed by atoms with Crippen LogP contribution in [0.25, 0.3) is 0 Å². The van der Waals surface area contributed by atoms with Crippen LogP contribution >= 0.6 is 12.4 Å². The van der Waals surface area contributed by atoms with Crippen molar-refractivity contribution in [3.05, 3.63) is 35.4 Å². The highest BCUT2D eigenvalue weighted by molar-refractivity contribution is 5.85. The molecular weight excluding hydrogens is 308 g/mol. The van der Waals surface area contributed by atoms with E-state index in [1.165, 1.54) is 17.5 Å². The van der Waals surface area contributed by atoms with Crippen LogP contribution in [0.3, 0.4) is 0 Å². The second kappa shape index (κ2) is 8.16. The minimum absolute atomic E-state index is 0. The molecule has 3 rings (SSSR count). The van der Waals surface area contributed by atoms with Crippen molar-refractivity contribution < 1.29 is 4.79 Å². The van der Waals surface area contributed by atoms with Gasteiger partial charge in [0.2, 0.25) is 5.91 Å². The van der Waals surface area contributed by atoms with Crippen LogP contribution in [0.1, 0.15) is 50.2 Å². The van der Waals surface area contributed by atoms with Gasteiger partial charge in [-0.05, 0) is 62.5 Å². The third kappa shape index (κ3) is 4.27. The maximum Gasteiger partial charge on any atom is 0.223 e. The van der Waals surface area contributed by atoms with Crippen molar-refractivity contribution >= 4 is 18.3 Å². The number of likely N-dealkylation sites (tertiary alicyclic amines) is 1. The second-order valence-electron chi connectivity index (χ2n) is 7.09. The van der Waals surface area contributed by atoms with Crippen LogP contribution < -0.4 is 5.73 Å². The number of carbonyl (C=O) groups excluding carboxylic acids is 1. The average molecular weight is 337 g/mol. The van der Waals surface area contributed by atoms with Gasteiger partial charge in [0.1, 0.15) is 0 Å². The highest BCUT2D eigenvalue weighted by atomic mass is 35.5. The lowest BCUT2D eigenvalue weighted by molar-refractivity contribution is -0.136. The summed E-state index contributed by atoms with van der Waals surface area (Å²) < 4.78 is 0. The van der Waals surface area contributed by atoms with Crippen molar-refractivity contribution in [1.82, 2.24) is 4.90 Å². The number of aryl methyl sites for hydroxylation is 1. The quantitative estimate of drug-likeness (QED) is 0.920. The lowest BCUT2D eigenvalue weighted by Gasteiger charge is -2.39. The van der Waals surface area contributed by atoms with Crippen molar-refractivity contribution in [2.24, 2.45) is 11.7 Å². The first-order chi connectivity index (χ1) is 10.6. The van der Waals surface area contributed by atoms with E-state index in [1.807, 2.05) is 6.92 Å². The number of benzene rings is 1. The predicted octanol–water partition coefficient (Wildman–Crippen LogP) is 3.33. The van der Waals surface area contributed by atoms with Gasteiger partial charge < -0.3 is 10.6 Å². The number of fused-ring (bicyclic) bond motifs is 1. The lowest BCUT2D eigenvalue weighted by atomic mass is 9.82. The van der Waals surface area contributed by atoms with E-state index < -0.39 is 0 Å². The zero-order chi connectivity index (χ0) is 15.5. The maximum absolute atomic E-state index is 12.8. The average Bonchev–Trinajstić information content (AvgIpc) is 2.54. The van der Waals surface area contributed by atoms with Gasteiger partial charge in [-0.3, -0.25) is 4.79 Å². The monoisotopic (exact) mass is 336 g/mol. The van der Waals surface area contributed by atoms with E-state index in [9.17, 15) is 4.79 Å². The number of amides is 1. The molecule has 0 aromatic heterocycles. The summed E-state index contributed by atoms with van der Waals surface area (Å²) in [6, 6.07) is 9.00. The van der Waals surface area contributed by atoms with Crippen LogP contribution in [-0.2, 0) is 17.6 Å². The number of hydrogen-bond donors (Lipinski definition) is 1. The molecule has 0 spiro atoms. The van der Waals surface area contributed by atoms with Gasteiger partial charge in [0.15, 0.2) is 0 Å². The van der Waals surface area contributed by atoms with Gasteiger partial charge in [-0.2, -0.15) is 0 Å². The van der Waals surface area contributed by atoms with E-state index >= 15 is 0 Å². The number of hydrogen-bond acceptors (Lipinski definition) is 2. The molecule has 1 fully saturated rings. The minimum atomic E-state index is 0. The van der Waals surface area contributed by atoms with E-state index in [0.29, 0.717) is 18.2 Å². The molecule has 2 aliphatic rings. The van der Waals surface area contributed by atoms with Gasteiger partial charge in [0, 0.05) is 25.0 Å². The fraction of sp³-hybridized carbons (Fsp3) is 0.632. The molecule has 1 aliphatic heterocycles. The van der Waals surface area contributed by atoms with Crippen LogP contribution in [-0.4, -0.2) is 29.4 Å². The number of rotatable bonds is 3. The Kier molecular flexibility index (Phi) is 6.49. The van der Waals surface area contributed by atoms with Crippen LogP contribution in [0.15, 0.2) is 24.3 Å². The molecule has 1 saturated heterocycles. The van der Waals surface area contributed by atoms with Crippen LogP contribution in [0.5, 0.6) is 0 Å². The molecule has 2 N–H and O–H groups in total. The molecule has 128 valence electrons. The Morgan fingerprint density at radius 1 is 1.26 bits per heavy atom. The number of nitrogens with two attached hydrogens (primary N) is 1. The molecular formula is C19H29ClN2O. The van der Waals surface area contributed by atoms with Crippen molar-refractivity contribution in [3.63, 3.8) is 0 Å². The van der Waals surface area contributed by atoms with Gasteiger partial charge >= 0.3 is 0 Å². The third-order valence-corrected chi connectivity index (χ3v) is 5.39. The zero-order valence-electron chi connectivity index (χ0n) is 14.0. The summed E-state index contributed by atoms with van der Waals surface area (Å²) >= 11 is 0. The number of halogens is 1. The van der Waals surface area contributed by atoms with E-state index in [4.69, 9.17) is 5.73 Å². The molecule has 1 aromatic carbocycles. The molecule has 0 radical (unpaired) electrons. The molecule has 1 amide bonds. The number of carbonyl (C=O) groups is 1. The zero-order valence-corrected chi connectivity index (χ0v) is 14.9. The standard InChI is InChI=1S/C19H28N2O.ClH/c1-14(20)18-8-4-5-11-21(18)19(22)13-15-9-10-16-6-2-3-7-17(16)12-15;/h2-3,6-7,14-15,18H,4-5,8-13,20H2,1H3;1H. The number of piperidine rings is 1. The fourth-order valence-corrected chi connectivity index (χ4v) is 4.13. The highest BCUT2D eigenvalue weighted by Crippen LogP contribution is 2.29. The summed E-state index contributed by atoms with van der Waals surface area (Å²) in [5, 5.41) is 0. The van der Waals surface area contributed by atoms with Crippen LogP contribution in [0.4, 0.5) is 0 Å². The van der Waals surface area contributed by atoms with Crippen LogP contribution in [0, 0.1) is 5.92 Å². The highest BCUT2D eigenvalue weighted by Gasteiger charge is 2.31. The topological polar surface area (TPSA) is 46.3 Å². The smallest absolute Gasteiger partial charge is 0.223 e. The summed E-state index contributed by atoms with van der Waals surface area (Å²) in [6.45, 7) is 2.93. The summed E-state index contributed by atoms with van der Waals surface area (Å²) in [5.74, 6) is 0.824. The molecule has 1 aliphatic carbocycles. The molecule has 4 heteroatoms. The van der Waals surface area contributed by atoms with E-state index in [1.54, 1.807) is 0 Å². The molecule has 3 unspecified atom stereocenters. The summed E-state index contributed by atoms with van der Waals surface area (Å²) in [5.41, 5.74) is 9.01. The molecule has 1 heterocycles. The Labute approximate surface area is 146 Å². The Bertz CT molecular complexity index is 532. The van der Waals surface area contributed by atoms with Crippen molar-refractivity contribution in [1.29, 1.82) is 0 Å². The largest absolute Gasteiger partial charge is 0.338 e. The van der Waals surface area contributed by atoms with Crippen LogP contribution in [0.2, 0.25) is 0 Å². The molecule has 0 bridgehead atoms. The van der Waals surface area contributed by atoms with E-state index in [0.717, 1.165) is 38.6 Å². The first kappa shape index (κ1) is 18.3. The summed E-state index contributed by atoms with van der Waals surface area (Å²) in [7, 11) is 0. The molecule has 3 atom stereocenters.